The number of allylic oxidation sites excluding steroid dienone is 1. The second-order valence-electron chi connectivity index (χ2n) is 10.5. The minimum atomic E-state index is -1.22. The maximum Gasteiger partial charge on any atom is 0.303 e. The highest BCUT2D eigenvalue weighted by atomic mass is 16.7. The van der Waals surface area contributed by atoms with Crippen molar-refractivity contribution in [1.82, 2.24) is 0 Å². The van der Waals surface area contributed by atoms with Gasteiger partial charge in [-0.15, -0.1) is 0 Å². The molecule has 0 aromatic heterocycles. The van der Waals surface area contributed by atoms with E-state index in [1.165, 1.54) is 14.0 Å². The first-order valence-electron chi connectivity index (χ1n) is 11.7. The summed E-state index contributed by atoms with van der Waals surface area (Å²) >= 11 is 0. The molecule has 0 N–H and O–H groups in total. The van der Waals surface area contributed by atoms with Gasteiger partial charge in [0.25, 0.3) is 0 Å². The van der Waals surface area contributed by atoms with Crippen LogP contribution in [0.25, 0.3) is 0 Å². The number of rotatable bonds is 6. The molecule has 7 heteroatoms. The third kappa shape index (κ3) is 3.31. The Morgan fingerprint density at radius 2 is 1.88 bits per heavy atom. The first kappa shape index (κ1) is 23.3. The van der Waals surface area contributed by atoms with Crippen LogP contribution >= 0.6 is 0 Å². The maximum atomic E-state index is 13.8. The Bertz CT molecular complexity index is 876. The summed E-state index contributed by atoms with van der Waals surface area (Å²) in [5.41, 5.74) is -1.07. The summed E-state index contributed by atoms with van der Waals surface area (Å²) in [6.45, 7) is 4.99. The Labute approximate surface area is 189 Å². The van der Waals surface area contributed by atoms with E-state index in [0.29, 0.717) is 19.3 Å². The highest BCUT2D eigenvalue weighted by Crippen LogP contribution is 2.67. The number of carbonyl (C=O) groups is 4. The number of hydrogen-bond acceptors (Lipinski definition) is 7. The molecule has 0 radical (unpaired) electrons. The topological polar surface area (TPSA) is 96.0 Å². The molecule has 3 saturated carbocycles. The third-order valence-electron chi connectivity index (χ3n) is 9.05. The lowest BCUT2D eigenvalue weighted by atomic mass is 9.46. The molecule has 0 amide bonds. The Morgan fingerprint density at radius 1 is 1.12 bits per heavy atom. The van der Waals surface area contributed by atoms with Crippen LogP contribution in [0, 0.1) is 28.6 Å². The zero-order valence-corrected chi connectivity index (χ0v) is 19.5. The Kier molecular flexibility index (Phi) is 5.95. The van der Waals surface area contributed by atoms with Crippen LogP contribution in [0.5, 0.6) is 0 Å². The molecule has 32 heavy (non-hydrogen) atoms. The van der Waals surface area contributed by atoms with Gasteiger partial charge in [0.1, 0.15) is 18.2 Å². The van der Waals surface area contributed by atoms with E-state index >= 15 is 0 Å². The van der Waals surface area contributed by atoms with E-state index in [2.05, 4.69) is 6.92 Å². The number of hydrogen-bond donors (Lipinski definition) is 0. The van der Waals surface area contributed by atoms with Crippen LogP contribution in [0.1, 0.15) is 65.7 Å². The monoisotopic (exact) mass is 446 g/mol. The molecule has 4 rings (SSSR count). The van der Waals surface area contributed by atoms with Crippen molar-refractivity contribution < 1.29 is 33.4 Å². The van der Waals surface area contributed by atoms with Crippen molar-refractivity contribution in [2.45, 2.75) is 71.3 Å². The Balaban J connectivity index is 1.70. The van der Waals surface area contributed by atoms with E-state index in [1.807, 2.05) is 6.92 Å². The average molecular weight is 447 g/mol. The fraction of sp³-hybridized carbons (Fsp3) is 0.760. The summed E-state index contributed by atoms with van der Waals surface area (Å²) < 4.78 is 16.3. The minimum absolute atomic E-state index is 0.0663. The standard InChI is InChI=1S/C25H34O7/c1-15(26)31-13-21(29)25(32-14-30-4)10-8-19-18-6-5-16-11-17(27)7-9-23(16,2)22(18)20(28)12-24(19,25)3/h11,18-19,22H,5-10,12-14H2,1-4H3/t18-,19-,22+,23-,24-,25-/m0/s1. The minimum Gasteiger partial charge on any atom is -0.458 e. The summed E-state index contributed by atoms with van der Waals surface area (Å²) in [7, 11) is 1.50. The van der Waals surface area contributed by atoms with Gasteiger partial charge in [-0.05, 0) is 55.4 Å². The van der Waals surface area contributed by atoms with Gasteiger partial charge in [-0.3, -0.25) is 19.2 Å². The van der Waals surface area contributed by atoms with Crippen LogP contribution in [0.2, 0.25) is 0 Å². The quantitative estimate of drug-likeness (QED) is 0.457. The van der Waals surface area contributed by atoms with Crippen molar-refractivity contribution in [3.63, 3.8) is 0 Å². The summed E-state index contributed by atoms with van der Waals surface area (Å²) in [6, 6.07) is 0. The Morgan fingerprint density at radius 3 is 2.56 bits per heavy atom. The molecule has 4 aliphatic rings. The van der Waals surface area contributed by atoms with Crippen LogP contribution in [0.15, 0.2) is 11.6 Å². The van der Waals surface area contributed by atoms with Gasteiger partial charge in [-0.25, -0.2) is 0 Å². The first-order valence-corrected chi connectivity index (χ1v) is 11.7. The molecule has 0 spiro atoms. The van der Waals surface area contributed by atoms with Crippen LogP contribution in [0.4, 0.5) is 0 Å². The van der Waals surface area contributed by atoms with Gasteiger partial charge in [-0.1, -0.05) is 19.4 Å². The number of ketones is 3. The predicted octanol–water partition coefficient (Wildman–Crippen LogP) is 3.19. The van der Waals surface area contributed by atoms with Gasteiger partial charge < -0.3 is 14.2 Å². The molecular weight excluding hydrogens is 412 g/mol. The van der Waals surface area contributed by atoms with Crippen LogP contribution < -0.4 is 0 Å². The largest absolute Gasteiger partial charge is 0.458 e. The lowest BCUT2D eigenvalue weighted by Gasteiger charge is -2.58. The first-order chi connectivity index (χ1) is 15.1. The number of carbonyl (C=O) groups excluding carboxylic acids is 4. The highest BCUT2D eigenvalue weighted by molar-refractivity contribution is 5.95. The predicted molar refractivity (Wildman–Crippen MR) is 114 cm³/mol. The summed E-state index contributed by atoms with van der Waals surface area (Å²) in [4.78, 5) is 50.6. The summed E-state index contributed by atoms with van der Waals surface area (Å²) in [6.07, 6.45) is 6.13. The lowest BCUT2D eigenvalue weighted by molar-refractivity contribution is -0.204. The molecule has 0 unspecified atom stereocenters. The normalized spacial score (nSPS) is 40.8. The molecular formula is C25H34O7. The molecule has 0 bridgehead atoms. The van der Waals surface area contributed by atoms with Crippen molar-refractivity contribution in [3.05, 3.63) is 11.6 Å². The van der Waals surface area contributed by atoms with Crippen molar-refractivity contribution in [2.24, 2.45) is 28.6 Å². The molecule has 0 aliphatic heterocycles. The zero-order valence-electron chi connectivity index (χ0n) is 19.5. The number of esters is 1. The zero-order chi connectivity index (χ0) is 23.3. The summed E-state index contributed by atoms with van der Waals surface area (Å²) in [5, 5.41) is 0. The van der Waals surface area contributed by atoms with E-state index in [1.54, 1.807) is 6.08 Å². The van der Waals surface area contributed by atoms with Gasteiger partial charge in [0.2, 0.25) is 5.78 Å². The molecule has 176 valence electrons. The van der Waals surface area contributed by atoms with Gasteiger partial charge in [0.05, 0.1) is 0 Å². The van der Waals surface area contributed by atoms with Crippen molar-refractivity contribution in [1.29, 1.82) is 0 Å². The van der Waals surface area contributed by atoms with E-state index in [4.69, 9.17) is 14.2 Å². The van der Waals surface area contributed by atoms with Gasteiger partial charge in [-0.2, -0.15) is 0 Å². The molecule has 4 aliphatic carbocycles. The second-order valence-corrected chi connectivity index (χ2v) is 10.5. The molecule has 6 atom stereocenters. The number of fused-ring (bicyclic) bond motifs is 5. The smallest absolute Gasteiger partial charge is 0.303 e. The highest BCUT2D eigenvalue weighted by Gasteiger charge is 2.69. The number of Topliss-reactive ketones (excluding diaryl/α,β-unsaturated/α-hetero) is 2. The number of ether oxygens (including phenoxy) is 3. The van der Waals surface area contributed by atoms with Crippen LogP contribution in [-0.4, -0.2) is 49.4 Å². The molecule has 3 fully saturated rings. The van der Waals surface area contributed by atoms with Gasteiger partial charge in [0, 0.05) is 38.2 Å². The molecule has 0 aromatic rings. The fourth-order valence-corrected chi connectivity index (χ4v) is 7.59. The third-order valence-corrected chi connectivity index (χ3v) is 9.05. The van der Waals surface area contributed by atoms with E-state index in [9.17, 15) is 19.2 Å². The summed E-state index contributed by atoms with van der Waals surface area (Å²) in [5.74, 6) is -0.351. The van der Waals surface area contributed by atoms with E-state index < -0.39 is 17.0 Å². The molecule has 0 heterocycles. The van der Waals surface area contributed by atoms with Crippen molar-refractivity contribution in [3.8, 4) is 0 Å². The fourth-order valence-electron chi connectivity index (χ4n) is 7.59. The van der Waals surface area contributed by atoms with Crippen LogP contribution in [0.3, 0.4) is 0 Å². The van der Waals surface area contributed by atoms with Crippen LogP contribution in [-0.2, 0) is 33.4 Å². The van der Waals surface area contributed by atoms with Gasteiger partial charge in [0.15, 0.2) is 12.4 Å². The number of methoxy groups -OCH3 is 1. The molecule has 0 aromatic carbocycles. The Hall–Kier alpha value is -1.86. The van der Waals surface area contributed by atoms with E-state index in [0.717, 1.165) is 24.8 Å². The van der Waals surface area contributed by atoms with E-state index in [-0.39, 0.29) is 60.3 Å². The van der Waals surface area contributed by atoms with Gasteiger partial charge >= 0.3 is 5.97 Å². The second kappa shape index (κ2) is 8.17. The SMILES string of the molecule is COCO[C@]1(C(=O)COC(C)=O)CC[C@H]2[C@@H]3CCC4=CC(=O)CC[C@]4(C)[C@H]3C(=O)C[C@@]21C. The molecule has 0 saturated heterocycles. The van der Waals surface area contributed by atoms with Crippen molar-refractivity contribution in [2.75, 3.05) is 20.5 Å². The maximum absolute atomic E-state index is 13.8. The van der Waals surface area contributed by atoms with Crippen molar-refractivity contribution >= 4 is 23.3 Å². The molecule has 7 nitrogen and oxygen atoms in total. The lowest BCUT2D eigenvalue weighted by Crippen LogP contribution is -2.62. The average Bonchev–Trinajstić information content (AvgIpc) is 3.03.